The van der Waals surface area contributed by atoms with Crippen molar-refractivity contribution >= 4 is 21.9 Å². The molecule has 0 spiro atoms. The van der Waals surface area contributed by atoms with Gasteiger partial charge in [0.2, 0.25) is 0 Å². The average Bonchev–Trinajstić information content (AvgIpc) is 2.82. The van der Waals surface area contributed by atoms with E-state index >= 15 is 0 Å². The highest BCUT2D eigenvalue weighted by Gasteiger charge is 2.15. The van der Waals surface area contributed by atoms with Gasteiger partial charge in [-0.25, -0.2) is 9.18 Å². The molecule has 1 aromatic carbocycles. The molecule has 2 rings (SSSR count). The van der Waals surface area contributed by atoms with E-state index in [1.807, 2.05) is 0 Å². The molecule has 0 atom stereocenters. The van der Waals surface area contributed by atoms with Gasteiger partial charge in [0, 0.05) is 11.8 Å². The van der Waals surface area contributed by atoms with Crippen LogP contribution in [0.2, 0.25) is 0 Å². The zero-order valence-electron chi connectivity index (χ0n) is 9.67. The third-order valence-electron chi connectivity index (χ3n) is 2.46. The number of H-pyrrole nitrogens is 1. The highest BCUT2D eigenvalue weighted by molar-refractivity contribution is 9.10. The second-order valence-electron chi connectivity index (χ2n) is 3.62. The molecule has 0 aliphatic rings. The van der Waals surface area contributed by atoms with Crippen molar-refractivity contribution in [3.8, 4) is 11.1 Å². The molecule has 0 aliphatic heterocycles. The number of rotatable bonds is 3. The van der Waals surface area contributed by atoms with Gasteiger partial charge in [0.15, 0.2) is 0 Å². The Hall–Kier alpha value is -1.62. The third kappa shape index (κ3) is 2.46. The van der Waals surface area contributed by atoms with E-state index in [1.165, 1.54) is 6.07 Å². The maximum Gasteiger partial charge on any atom is 0.355 e. The molecule has 3 nitrogen and oxygen atoms in total. The van der Waals surface area contributed by atoms with E-state index in [0.717, 1.165) is 0 Å². The second-order valence-corrected chi connectivity index (χ2v) is 4.47. The summed E-state index contributed by atoms with van der Waals surface area (Å²) in [6, 6.07) is 6.43. The van der Waals surface area contributed by atoms with Crippen molar-refractivity contribution in [2.75, 3.05) is 6.61 Å². The summed E-state index contributed by atoms with van der Waals surface area (Å²) >= 11 is 3.09. The number of halogens is 2. The molecule has 1 heterocycles. The van der Waals surface area contributed by atoms with E-state index in [2.05, 4.69) is 20.9 Å². The fourth-order valence-electron chi connectivity index (χ4n) is 1.65. The number of carbonyl (C=O) groups is 1. The summed E-state index contributed by atoms with van der Waals surface area (Å²) in [7, 11) is 0. The fraction of sp³-hybridized carbons (Fsp3) is 0.154. The SMILES string of the molecule is CCOC(=O)c1[nH]ccc1-c1ccc(Br)c(F)c1. The number of hydrogen-bond donors (Lipinski definition) is 1. The Bertz CT molecular complexity index is 580. The molecule has 0 fully saturated rings. The lowest BCUT2D eigenvalue weighted by atomic mass is 10.1. The Kier molecular flexibility index (Phi) is 3.81. The number of nitrogens with one attached hydrogen (secondary N) is 1. The quantitative estimate of drug-likeness (QED) is 0.877. The van der Waals surface area contributed by atoms with Gasteiger partial charge in [0.05, 0.1) is 11.1 Å². The van der Waals surface area contributed by atoms with Gasteiger partial charge in [0.25, 0.3) is 0 Å². The molecule has 0 amide bonds. The van der Waals surface area contributed by atoms with Crippen LogP contribution in [0.25, 0.3) is 11.1 Å². The largest absolute Gasteiger partial charge is 0.461 e. The van der Waals surface area contributed by atoms with Gasteiger partial charge >= 0.3 is 5.97 Å². The van der Waals surface area contributed by atoms with E-state index < -0.39 is 5.97 Å². The van der Waals surface area contributed by atoms with Crippen LogP contribution in [0.1, 0.15) is 17.4 Å². The highest BCUT2D eigenvalue weighted by atomic mass is 79.9. The molecule has 0 saturated carbocycles. The first-order chi connectivity index (χ1) is 8.63. The molecule has 94 valence electrons. The number of benzene rings is 1. The van der Waals surface area contributed by atoms with Crippen LogP contribution in [0.5, 0.6) is 0 Å². The summed E-state index contributed by atoms with van der Waals surface area (Å²) in [5, 5.41) is 0. The third-order valence-corrected chi connectivity index (χ3v) is 3.10. The van der Waals surface area contributed by atoms with Crippen molar-refractivity contribution < 1.29 is 13.9 Å². The summed E-state index contributed by atoms with van der Waals surface area (Å²) in [6.45, 7) is 2.03. The predicted octanol–water partition coefficient (Wildman–Crippen LogP) is 3.76. The van der Waals surface area contributed by atoms with Crippen molar-refractivity contribution in [3.63, 3.8) is 0 Å². The van der Waals surface area contributed by atoms with Crippen LogP contribution in [-0.2, 0) is 4.74 Å². The summed E-state index contributed by atoms with van der Waals surface area (Å²) in [6.07, 6.45) is 1.63. The number of carbonyl (C=O) groups excluding carboxylic acids is 1. The molecular weight excluding hydrogens is 301 g/mol. The fourth-order valence-corrected chi connectivity index (χ4v) is 1.89. The Labute approximate surface area is 112 Å². The Morgan fingerprint density at radius 3 is 2.89 bits per heavy atom. The van der Waals surface area contributed by atoms with Gasteiger partial charge in [-0.3, -0.25) is 0 Å². The summed E-state index contributed by atoms with van der Waals surface area (Å²) in [4.78, 5) is 14.5. The monoisotopic (exact) mass is 311 g/mol. The molecule has 1 N–H and O–H groups in total. The Morgan fingerprint density at radius 2 is 2.22 bits per heavy atom. The first-order valence-corrected chi connectivity index (χ1v) is 6.22. The summed E-state index contributed by atoms with van der Waals surface area (Å²) < 4.78 is 18.8. The zero-order valence-corrected chi connectivity index (χ0v) is 11.3. The van der Waals surface area contributed by atoms with Crippen LogP contribution < -0.4 is 0 Å². The van der Waals surface area contributed by atoms with Crippen LogP contribution in [0, 0.1) is 5.82 Å². The van der Waals surface area contributed by atoms with Crippen LogP contribution in [0.15, 0.2) is 34.9 Å². The molecule has 0 bridgehead atoms. The number of hydrogen-bond acceptors (Lipinski definition) is 2. The maximum atomic E-state index is 13.5. The minimum atomic E-state index is -0.444. The van der Waals surface area contributed by atoms with Crippen LogP contribution >= 0.6 is 15.9 Å². The van der Waals surface area contributed by atoms with Gasteiger partial charge in [-0.1, -0.05) is 6.07 Å². The molecule has 0 radical (unpaired) electrons. The average molecular weight is 312 g/mol. The molecule has 0 unspecified atom stereocenters. The highest BCUT2D eigenvalue weighted by Crippen LogP contribution is 2.27. The van der Waals surface area contributed by atoms with Crippen LogP contribution in [0.4, 0.5) is 4.39 Å². The van der Waals surface area contributed by atoms with Gasteiger partial charge in [-0.2, -0.15) is 0 Å². The predicted molar refractivity (Wildman–Crippen MR) is 69.8 cm³/mol. The molecule has 0 saturated heterocycles. The lowest BCUT2D eigenvalue weighted by molar-refractivity contribution is 0.0521. The van der Waals surface area contributed by atoms with E-state index in [9.17, 15) is 9.18 Å². The zero-order chi connectivity index (χ0) is 13.1. The minimum Gasteiger partial charge on any atom is -0.461 e. The standard InChI is InChI=1S/C13H11BrFNO2/c1-2-18-13(17)12-9(5-6-16-12)8-3-4-10(14)11(15)7-8/h3-7,16H,2H2,1H3. The molecule has 2 aromatic rings. The van der Waals surface area contributed by atoms with Gasteiger partial charge in [-0.15, -0.1) is 0 Å². The molecule has 5 heteroatoms. The Morgan fingerprint density at radius 1 is 1.44 bits per heavy atom. The van der Waals surface area contributed by atoms with E-state index in [-0.39, 0.29) is 5.82 Å². The smallest absolute Gasteiger partial charge is 0.355 e. The van der Waals surface area contributed by atoms with Gasteiger partial charge in [0.1, 0.15) is 11.5 Å². The first-order valence-electron chi connectivity index (χ1n) is 5.43. The van der Waals surface area contributed by atoms with Crippen molar-refractivity contribution in [1.29, 1.82) is 0 Å². The second kappa shape index (κ2) is 5.35. The van der Waals surface area contributed by atoms with Crippen molar-refractivity contribution in [2.24, 2.45) is 0 Å². The van der Waals surface area contributed by atoms with Crippen LogP contribution in [-0.4, -0.2) is 17.6 Å². The Balaban J connectivity index is 2.42. The first kappa shape index (κ1) is 12.8. The normalized spacial score (nSPS) is 10.4. The molecule has 18 heavy (non-hydrogen) atoms. The summed E-state index contributed by atoms with van der Waals surface area (Å²) in [5.74, 6) is -0.815. The van der Waals surface area contributed by atoms with Crippen LogP contribution in [0.3, 0.4) is 0 Å². The minimum absolute atomic E-state index is 0.298. The van der Waals surface area contributed by atoms with Gasteiger partial charge in [-0.05, 0) is 46.6 Å². The number of aromatic amines is 1. The lowest BCUT2D eigenvalue weighted by Crippen LogP contribution is -2.06. The van der Waals surface area contributed by atoms with Gasteiger partial charge < -0.3 is 9.72 Å². The molecular formula is C13H11BrFNO2. The maximum absolute atomic E-state index is 13.5. The van der Waals surface area contributed by atoms with E-state index in [1.54, 1.807) is 31.3 Å². The molecule has 1 aromatic heterocycles. The lowest BCUT2D eigenvalue weighted by Gasteiger charge is -2.05. The van der Waals surface area contributed by atoms with E-state index in [4.69, 9.17) is 4.74 Å². The van der Waals surface area contributed by atoms with Crippen molar-refractivity contribution in [1.82, 2.24) is 4.98 Å². The van der Waals surface area contributed by atoms with Crippen molar-refractivity contribution in [3.05, 3.63) is 46.4 Å². The summed E-state index contributed by atoms with van der Waals surface area (Å²) in [5.41, 5.74) is 1.58. The number of esters is 1. The number of ether oxygens (including phenoxy) is 1. The van der Waals surface area contributed by atoms with E-state index in [0.29, 0.717) is 27.9 Å². The molecule has 0 aliphatic carbocycles. The topological polar surface area (TPSA) is 42.1 Å². The number of aromatic nitrogens is 1. The van der Waals surface area contributed by atoms with Crippen molar-refractivity contribution in [2.45, 2.75) is 6.92 Å².